The second-order valence-corrected chi connectivity index (χ2v) is 12.7. The van der Waals surface area contributed by atoms with Gasteiger partial charge in [0.05, 0.1) is 5.56 Å². The molecule has 0 aromatic heterocycles. The summed E-state index contributed by atoms with van der Waals surface area (Å²) in [6.45, 7) is 4.40. The van der Waals surface area contributed by atoms with E-state index in [0.717, 1.165) is 38.5 Å². The Morgan fingerprint density at radius 3 is 1.57 bits per heavy atom. The van der Waals surface area contributed by atoms with Crippen molar-refractivity contribution in [2.75, 3.05) is 0 Å². The second kappa shape index (κ2) is 16.6. The number of benzene rings is 3. The lowest BCUT2D eigenvalue weighted by atomic mass is 9.77. The maximum atomic E-state index is 13.2. The van der Waals surface area contributed by atoms with Crippen LogP contribution in [0.3, 0.4) is 0 Å². The largest absolute Gasteiger partial charge is 0.456 e. The van der Waals surface area contributed by atoms with E-state index in [2.05, 4.69) is 13.8 Å². The quantitative estimate of drug-likeness (QED) is 0.0776. The first kappa shape index (κ1) is 34.2. The Morgan fingerprint density at radius 1 is 0.596 bits per heavy atom. The third-order valence-electron chi connectivity index (χ3n) is 9.09. The van der Waals surface area contributed by atoms with Crippen molar-refractivity contribution in [3.63, 3.8) is 0 Å². The van der Waals surface area contributed by atoms with E-state index in [1.807, 2.05) is 18.2 Å². The van der Waals surface area contributed by atoms with Gasteiger partial charge in [0.15, 0.2) is 5.60 Å². The van der Waals surface area contributed by atoms with Crippen molar-refractivity contribution >= 4 is 17.9 Å². The summed E-state index contributed by atoms with van der Waals surface area (Å²) < 4.78 is 24.0. The minimum atomic E-state index is -1.27. The van der Waals surface area contributed by atoms with Crippen LogP contribution in [-0.2, 0) is 19.9 Å². The summed E-state index contributed by atoms with van der Waals surface area (Å²) in [6.07, 6.45) is 16.3. The normalized spacial score (nSPS) is 13.7. The van der Waals surface area contributed by atoms with Gasteiger partial charge in [-0.2, -0.15) is 0 Å². The Balaban J connectivity index is 1.31. The highest BCUT2D eigenvalue weighted by atomic mass is 16.6. The Bertz CT molecular complexity index is 1460. The summed E-state index contributed by atoms with van der Waals surface area (Å²) in [6, 6.07) is 17.7. The van der Waals surface area contributed by atoms with Crippen molar-refractivity contribution in [1.82, 2.24) is 0 Å². The molecule has 5 rings (SSSR count). The summed E-state index contributed by atoms with van der Waals surface area (Å²) >= 11 is 0. The average Bonchev–Trinajstić information content (AvgIpc) is 3.36. The molecule has 0 atom stereocenters. The van der Waals surface area contributed by atoms with Crippen LogP contribution in [0.1, 0.15) is 144 Å². The van der Waals surface area contributed by atoms with Crippen molar-refractivity contribution in [2.45, 2.75) is 122 Å². The molecule has 1 spiro atoms. The number of hydrogen-bond donors (Lipinski definition) is 0. The Morgan fingerprint density at radius 2 is 1.06 bits per heavy atom. The maximum Gasteiger partial charge on any atom is 0.340 e. The standard InChI is InChI=1S/C40H48O7/c1-3-5-7-9-11-13-15-21-37(41)44-29-23-25-33-35(27-29)46-36-28-30(45-38(42)22-16-14-12-10-8-6-4-2)24-26-34(36)40(33)32-20-18-17-19-31(32)39(43)47-40/h17-20,23-28H,3-16,21-22H2,1-2H3. The number of carbonyl (C=O) groups excluding carboxylic acids is 3. The molecule has 3 aromatic rings. The van der Waals surface area contributed by atoms with Gasteiger partial charge in [-0.15, -0.1) is 0 Å². The van der Waals surface area contributed by atoms with E-state index in [1.165, 1.54) is 51.4 Å². The van der Waals surface area contributed by atoms with Gasteiger partial charge >= 0.3 is 17.9 Å². The molecule has 0 fully saturated rings. The zero-order chi connectivity index (χ0) is 33.1. The van der Waals surface area contributed by atoms with Gasteiger partial charge in [-0.25, -0.2) is 4.79 Å². The van der Waals surface area contributed by atoms with Gasteiger partial charge in [-0.3, -0.25) is 9.59 Å². The zero-order valence-corrected chi connectivity index (χ0v) is 27.9. The van der Waals surface area contributed by atoms with Crippen LogP contribution in [0.2, 0.25) is 0 Å². The van der Waals surface area contributed by atoms with Gasteiger partial charge in [0.2, 0.25) is 0 Å². The van der Waals surface area contributed by atoms with Crippen LogP contribution >= 0.6 is 0 Å². The number of ether oxygens (including phenoxy) is 4. The third-order valence-corrected chi connectivity index (χ3v) is 9.09. The van der Waals surface area contributed by atoms with Crippen LogP contribution in [0.4, 0.5) is 0 Å². The molecule has 7 nitrogen and oxygen atoms in total. The number of hydrogen-bond acceptors (Lipinski definition) is 7. The number of rotatable bonds is 18. The first-order chi connectivity index (χ1) is 23.0. The highest BCUT2D eigenvalue weighted by Gasteiger charge is 2.53. The monoisotopic (exact) mass is 640 g/mol. The molecule has 0 unspecified atom stereocenters. The van der Waals surface area contributed by atoms with Crippen LogP contribution < -0.4 is 14.2 Å². The Labute approximate surface area is 279 Å². The van der Waals surface area contributed by atoms with Crippen LogP contribution in [0.5, 0.6) is 23.0 Å². The Kier molecular flexibility index (Phi) is 12.1. The second-order valence-electron chi connectivity index (χ2n) is 12.7. The highest BCUT2D eigenvalue weighted by molar-refractivity contribution is 5.97. The summed E-state index contributed by atoms with van der Waals surface area (Å²) in [5.74, 6) is 0.476. The number of esters is 3. The summed E-state index contributed by atoms with van der Waals surface area (Å²) in [5, 5.41) is 0. The summed E-state index contributed by atoms with van der Waals surface area (Å²) in [7, 11) is 0. The van der Waals surface area contributed by atoms with E-state index in [1.54, 1.807) is 42.5 Å². The first-order valence-electron chi connectivity index (χ1n) is 17.7. The molecular weight excluding hydrogens is 592 g/mol. The van der Waals surface area contributed by atoms with Gasteiger partial charge in [0.1, 0.15) is 23.0 Å². The smallest absolute Gasteiger partial charge is 0.340 e. The molecule has 0 aliphatic carbocycles. The Hall–Kier alpha value is -4.13. The fourth-order valence-corrected chi connectivity index (χ4v) is 6.58. The van der Waals surface area contributed by atoms with Crippen LogP contribution in [0, 0.1) is 0 Å². The van der Waals surface area contributed by atoms with E-state index < -0.39 is 11.6 Å². The number of unbranched alkanes of at least 4 members (excludes halogenated alkanes) is 12. The molecule has 7 heteroatoms. The van der Waals surface area contributed by atoms with Gasteiger partial charge in [-0.05, 0) is 43.2 Å². The molecule has 0 bridgehead atoms. The van der Waals surface area contributed by atoms with Gasteiger partial charge < -0.3 is 18.9 Å². The average molecular weight is 641 g/mol. The number of carbonyl (C=O) groups is 3. The zero-order valence-electron chi connectivity index (χ0n) is 27.9. The van der Waals surface area contributed by atoms with Crippen LogP contribution in [0.25, 0.3) is 0 Å². The van der Waals surface area contributed by atoms with E-state index in [-0.39, 0.29) is 11.9 Å². The molecule has 250 valence electrons. The van der Waals surface area contributed by atoms with E-state index in [9.17, 15) is 14.4 Å². The minimum absolute atomic E-state index is 0.294. The van der Waals surface area contributed by atoms with Gasteiger partial charge in [0.25, 0.3) is 0 Å². The fourth-order valence-electron chi connectivity index (χ4n) is 6.58. The summed E-state index contributed by atoms with van der Waals surface area (Å²) in [5.41, 5.74) is 1.15. The van der Waals surface area contributed by atoms with E-state index >= 15 is 0 Å². The maximum absolute atomic E-state index is 13.2. The van der Waals surface area contributed by atoms with Crippen molar-refractivity contribution in [3.8, 4) is 23.0 Å². The highest BCUT2D eigenvalue weighted by Crippen LogP contribution is 2.57. The molecule has 3 aromatic carbocycles. The SMILES string of the molecule is CCCCCCCCCC(=O)Oc1ccc2c(c1)Oc1cc(OC(=O)CCCCCCCCC)ccc1C21OC(=O)c2ccccc21. The molecule has 47 heavy (non-hydrogen) atoms. The summed E-state index contributed by atoms with van der Waals surface area (Å²) in [4.78, 5) is 38.6. The van der Waals surface area contributed by atoms with Crippen molar-refractivity contribution < 1.29 is 33.3 Å². The molecule has 0 amide bonds. The van der Waals surface area contributed by atoms with Gasteiger partial charge in [-0.1, -0.05) is 109 Å². The molecule has 0 saturated heterocycles. The van der Waals surface area contributed by atoms with Crippen molar-refractivity contribution in [2.24, 2.45) is 0 Å². The van der Waals surface area contributed by atoms with Crippen LogP contribution in [0.15, 0.2) is 60.7 Å². The molecule has 2 aliphatic rings. The van der Waals surface area contributed by atoms with Crippen molar-refractivity contribution in [3.05, 3.63) is 82.9 Å². The lowest BCUT2D eigenvalue weighted by Crippen LogP contribution is -2.33. The number of fused-ring (bicyclic) bond motifs is 6. The molecular formula is C40H48O7. The van der Waals surface area contributed by atoms with E-state index in [0.29, 0.717) is 58.1 Å². The minimum Gasteiger partial charge on any atom is -0.456 e. The molecule has 0 N–H and O–H groups in total. The fraction of sp³-hybridized carbons (Fsp3) is 0.475. The predicted octanol–water partition coefficient (Wildman–Crippen LogP) is 10.3. The molecule has 2 aliphatic heterocycles. The molecule has 0 saturated carbocycles. The third kappa shape index (κ3) is 8.24. The lowest BCUT2D eigenvalue weighted by molar-refractivity contribution is -0.135. The predicted molar refractivity (Wildman–Crippen MR) is 181 cm³/mol. The lowest BCUT2D eigenvalue weighted by Gasteiger charge is -2.36. The first-order valence-corrected chi connectivity index (χ1v) is 17.7. The van der Waals surface area contributed by atoms with Crippen LogP contribution in [-0.4, -0.2) is 17.9 Å². The molecule has 0 radical (unpaired) electrons. The topological polar surface area (TPSA) is 88.1 Å². The van der Waals surface area contributed by atoms with E-state index in [4.69, 9.17) is 18.9 Å². The molecule has 2 heterocycles. The van der Waals surface area contributed by atoms with Gasteiger partial charge in [0, 0.05) is 41.7 Å². The van der Waals surface area contributed by atoms with Crippen molar-refractivity contribution in [1.29, 1.82) is 0 Å².